The molecule has 0 spiro atoms. The van der Waals surface area contributed by atoms with Gasteiger partial charge in [0, 0.05) is 37.4 Å². The van der Waals surface area contributed by atoms with Gasteiger partial charge in [0.2, 0.25) is 0 Å². The number of fused-ring (bicyclic) bond motifs is 3. The number of aromatic nitrogens is 1. The highest BCUT2D eigenvalue weighted by molar-refractivity contribution is 5.86. The van der Waals surface area contributed by atoms with Crippen LogP contribution >= 0.6 is 0 Å². The second-order valence-electron chi connectivity index (χ2n) is 8.04. The summed E-state index contributed by atoms with van der Waals surface area (Å²) in [5.74, 6) is 0.284. The first-order valence-electron chi connectivity index (χ1n) is 10.2. The number of rotatable bonds is 3. The van der Waals surface area contributed by atoms with E-state index >= 15 is 0 Å². The van der Waals surface area contributed by atoms with E-state index in [2.05, 4.69) is 82.3 Å². The molecule has 1 aromatic heterocycles. The molecule has 1 aliphatic heterocycles. The molecule has 0 radical (unpaired) electrons. The molecular weight excluding hydrogens is 370 g/mol. The van der Waals surface area contributed by atoms with E-state index < -0.39 is 0 Å². The largest absolute Gasteiger partial charge is 0.508 e. The van der Waals surface area contributed by atoms with Crippen LogP contribution in [0.3, 0.4) is 0 Å². The summed E-state index contributed by atoms with van der Waals surface area (Å²) in [4.78, 5) is 2.10. The Kier molecular flexibility index (Phi) is 4.28. The van der Waals surface area contributed by atoms with E-state index in [1.165, 1.54) is 11.3 Å². The Hall–Kier alpha value is -3.66. The molecule has 0 saturated carbocycles. The van der Waals surface area contributed by atoms with Gasteiger partial charge in [0.1, 0.15) is 5.75 Å². The van der Waals surface area contributed by atoms with E-state index in [0.29, 0.717) is 0 Å². The fourth-order valence-corrected chi connectivity index (χ4v) is 4.34. The van der Waals surface area contributed by atoms with Crippen molar-refractivity contribution in [3.05, 3.63) is 94.5 Å². The van der Waals surface area contributed by atoms with Crippen LogP contribution in [0.2, 0.25) is 0 Å². The topological polar surface area (TPSA) is 31.6 Å². The van der Waals surface area contributed by atoms with Crippen LogP contribution in [-0.4, -0.2) is 30.9 Å². The number of phenols is 1. The third-order valence-corrected chi connectivity index (χ3v) is 5.90. The first-order chi connectivity index (χ1) is 14.5. The molecule has 0 bridgehead atoms. The molecule has 2 heterocycles. The van der Waals surface area contributed by atoms with Crippen molar-refractivity contribution >= 4 is 28.7 Å². The van der Waals surface area contributed by atoms with Crippen molar-refractivity contribution in [1.82, 2.24) is 4.68 Å². The minimum atomic E-state index is 0.169. The van der Waals surface area contributed by atoms with Crippen molar-refractivity contribution in [2.75, 3.05) is 31.1 Å². The molecule has 0 aliphatic carbocycles. The molecule has 3 aromatic carbocycles. The van der Waals surface area contributed by atoms with Crippen LogP contribution in [0, 0.1) is 0 Å². The molecular formula is C26H25N3O. The van der Waals surface area contributed by atoms with Crippen LogP contribution in [0.25, 0.3) is 23.1 Å². The third-order valence-electron chi connectivity index (χ3n) is 5.90. The van der Waals surface area contributed by atoms with Gasteiger partial charge in [-0.2, -0.15) is 0 Å². The van der Waals surface area contributed by atoms with Crippen molar-refractivity contribution in [2.45, 2.75) is 6.04 Å². The zero-order chi connectivity index (χ0) is 20.8. The lowest BCUT2D eigenvalue weighted by Crippen LogP contribution is -2.35. The molecule has 30 heavy (non-hydrogen) atoms. The summed E-state index contributed by atoms with van der Waals surface area (Å²) in [6, 6.07) is 24.9. The normalized spacial score (nSPS) is 16.0. The Morgan fingerprint density at radius 2 is 1.67 bits per heavy atom. The SMILES string of the molecule is CN(C)c1ccc(C=c2c3n(c4ccc(O)cc24)N(C)C(c2ccccc2)C=3)cc1. The monoisotopic (exact) mass is 395 g/mol. The Balaban J connectivity index is 1.75. The highest BCUT2D eigenvalue weighted by atomic mass is 16.3. The number of aromatic hydroxyl groups is 1. The first-order valence-corrected chi connectivity index (χ1v) is 10.2. The van der Waals surface area contributed by atoms with Crippen molar-refractivity contribution in [1.29, 1.82) is 0 Å². The average Bonchev–Trinajstić information content (AvgIpc) is 3.24. The summed E-state index contributed by atoms with van der Waals surface area (Å²) in [6.45, 7) is 0. The van der Waals surface area contributed by atoms with Crippen LogP contribution in [-0.2, 0) is 0 Å². The fourth-order valence-electron chi connectivity index (χ4n) is 4.34. The molecule has 5 rings (SSSR count). The first kappa shape index (κ1) is 18.4. The van der Waals surface area contributed by atoms with E-state index in [0.717, 1.165) is 27.0 Å². The zero-order valence-electron chi connectivity index (χ0n) is 17.4. The van der Waals surface area contributed by atoms with E-state index in [1.54, 1.807) is 6.07 Å². The van der Waals surface area contributed by atoms with Gasteiger partial charge in [-0.15, -0.1) is 0 Å². The molecule has 0 fully saturated rings. The predicted octanol–water partition coefficient (Wildman–Crippen LogP) is 3.34. The summed E-state index contributed by atoms with van der Waals surface area (Å²) in [7, 11) is 6.21. The fraction of sp³-hybridized carbons (Fsp3) is 0.154. The van der Waals surface area contributed by atoms with Gasteiger partial charge in [0.25, 0.3) is 0 Å². The lowest BCUT2D eigenvalue weighted by molar-refractivity contribution is 0.476. The quantitative estimate of drug-likeness (QED) is 0.577. The maximum absolute atomic E-state index is 10.2. The Bertz CT molecular complexity index is 1340. The second kappa shape index (κ2) is 6.99. The van der Waals surface area contributed by atoms with Gasteiger partial charge in [0.15, 0.2) is 0 Å². The van der Waals surface area contributed by atoms with Gasteiger partial charge in [0.05, 0.1) is 16.9 Å². The van der Waals surface area contributed by atoms with Crippen LogP contribution in [0.5, 0.6) is 5.75 Å². The Morgan fingerprint density at radius 1 is 0.933 bits per heavy atom. The smallest absolute Gasteiger partial charge is 0.116 e. The van der Waals surface area contributed by atoms with Crippen LogP contribution in [0.15, 0.2) is 72.8 Å². The minimum absolute atomic E-state index is 0.169. The molecule has 150 valence electrons. The highest BCUT2D eigenvalue weighted by Crippen LogP contribution is 2.26. The van der Waals surface area contributed by atoms with Crippen molar-refractivity contribution < 1.29 is 5.11 Å². The third kappa shape index (κ3) is 2.92. The van der Waals surface area contributed by atoms with Crippen molar-refractivity contribution in [3.63, 3.8) is 0 Å². The Morgan fingerprint density at radius 3 is 2.37 bits per heavy atom. The van der Waals surface area contributed by atoms with Crippen molar-refractivity contribution in [3.8, 4) is 5.75 Å². The van der Waals surface area contributed by atoms with Gasteiger partial charge < -0.3 is 15.0 Å². The summed E-state index contributed by atoms with van der Waals surface area (Å²) < 4.78 is 2.26. The minimum Gasteiger partial charge on any atom is -0.508 e. The number of benzene rings is 3. The van der Waals surface area contributed by atoms with E-state index in [4.69, 9.17) is 0 Å². The number of phenolic OH excluding ortho intramolecular Hbond substituents is 1. The maximum Gasteiger partial charge on any atom is 0.116 e. The zero-order valence-corrected chi connectivity index (χ0v) is 17.4. The number of hydrogen-bond acceptors (Lipinski definition) is 3. The lowest BCUT2D eigenvalue weighted by atomic mass is 10.1. The van der Waals surface area contributed by atoms with E-state index in [9.17, 15) is 5.11 Å². The lowest BCUT2D eigenvalue weighted by Gasteiger charge is -2.25. The standard InChI is InChI=1S/C26H25N3O/c1-27(2)20-11-9-18(10-12-20)15-22-23-16-21(30)13-14-24(23)29-26(22)17-25(28(29)3)19-7-5-4-6-8-19/h4-17,25,30H,1-3H3. The van der Waals surface area contributed by atoms with Gasteiger partial charge in [-0.3, -0.25) is 4.68 Å². The molecule has 4 heteroatoms. The molecule has 4 nitrogen and oxygen atoms in total. The van der Waals surface area contributed by atoms with Crippen molar-refractivity contribution in [2.24, 2.45) is 0 Å². The molecule has 0 saturated heterocycles. The van der Waals surface area contributed by atoms with E-state index in [1.807, 2.05) is 32.3 Å². The van der Waals surface area contributed by atoms with Gasteiger partial charge in [-0.25, -0.2) is 0 Å². The van der Waals surface area contributed by atoms with Crippen LogP contribution in [0.1, 0.15) is 17.2 Å². The number of anilines is 1. The molecule has 1 N–H and O–H groups in total. The predicted molar refractivity (Wildman–Crippen MR) is 125 cm³/mol. The second-order valence-corrected chi connectivity index (χ2v) is 8.04. The van der Waals surface area contributed by atoms with Gasteiger partial charge in [-0.05, 0) is 53.6 Å². The Labute approximate surface area is 176 Å². The highest BCUT2D eigenvalue weighted by Gasteiger charge is 2.24. The molecule has 1 aliphatic rings. The molecule has 1 atom stereocenters. The van der Waals surface area contributed by atoms with Crippen LogP contribution < -0.4 is 20.5 Å². The summed E-state index contributed by atoms with van der Waals surface area (Å²) in [6.07, 6.45) is 4.52. The molecule has 4 aromatic rings. The summed E-state index contributed by atoms with van der Waals surface area (Å²) >= 11 is 0. The summed E-state index contributed by atoms with van der Waals surface area (Å²) in [5, 5.41) is 15.7. The maximum atomic E-state index is 10.2. The molecule has 1 unspecified atom stereocenters. The van der Waals surface area contributed by atoms with Gasteiger partial charge in [-0.1, -0.05) is 42.5 Å². The van der Waals surface area contributed by atoms with Crippen LogP contribution in [0.4, 0.5) is 5.69 Å². The summed E-state index contributed by atoms with van der Waals surface area (Å²) in [5.41, 5.74) is 4.67. The average molecular weight is 396 g/mol. The van der Waals surface area contributed by atoms with Gasteiger partial charge >= 0.3 is 0 Å². The molecule has 0 amide bonds. The number of hydrogen-bond donors (Lipinski definition) is 1. The van der Waals surface area contributed by atoms with E-state index in [-0.39, 0.29) is 11.8 Å². The number of nitrogens with zero attached hydrogens (tertiary/aromatic N) is 3.